The van der Waals surface area contributed by atoms with Gasteiger partial charge in [-0.25, -0.2) is 9.97 Å². The fraction of sp³-hybridized carbons (Fsp3) is 0.333. The van der Waals surface area contributed by atoms with Gasteiger partial charge in [-0.15, -0.1) is 5.10 Å². The van der Waals surface area contributed by atoms with Crippen LogP contribution in [-0.4, -0.2) is 38.9 Å². The molecule has 1 aromatic carbocycles. The van der Waals surface area contributed by atoms with Crippen LogP contribution >= 0.6 is 0 Å². The molecule has 3 aromatic heterocycles. The second kappa shape index (κ2) is 12.0. The van der Waals surface area contributed by atoms with E-state index < -0.39 is 0 Å². The second-order valence-electron chi connectivity index (χ2n) is 8.04. The molecule has 0 saturated carbocycles. The summed E-state index contributed by atoms with van der Waals surface area (Å²) in [5, 5.41) is 4.52. The first-order valence-corrected chi connectivity index (χ1v) is 12.0. The molecular formula is C27H30N4O5. The highest BCUT2D eigenvalue weighted by Crippen LogP contribution is 2.23. The number of aromatic nitrogens is 4. The van der Waals surface area contributed by atoms with E-state index in [1.54, 1.807) is 17.7 Å². The first-order chi connectivity index (χ1) is 17.6. The molecule has 0 aliphatic rings. The molecule has 0 unspecified atom stereocenters. The number of pyridine rings is 1. The van der Waals surface area contributed by atoms with Crippen molar-refractivity contribution in [1.82, 2.24) is 19.7 Å². The van der Waals surface area contributed by atoms with E-state index in [2.05, 4.69) is 15.1 Å². The van der Waals surface area contributed by atoms with Gasteiger partial charge in [0.25, 0.3) is 0 Å². The minimum atomic E-state index is -0.238. The van der Waals surface area contributed by atoms with E-state index in [0.29, 0.717) is 49.6 Å². The van der Waals surface area contributed by atoms with E-state index in [9.17, 15) is 4.79 Å². The topological polar surface area (TPSA) is 102 Å². The number of ether oxygens (including phenoxy) is 3. The Balaban J connectivity index is 1.40. The van der Waals surface area contributed by atoms with Gasteiger partial charge in [0.1, 0.15) is 18.1 Å². The molecule has 0 fully saturated rings. The lowest BCUT2D eigenvalue weighted by Crippen LogP contribution is -2.05. The standard InChI is InChI=1S/C27H30N4O5/c1-4-33-25(32)15-14-21-16-31(30-27(21)34-5-2)17-22-12-9-13-24(28-22)35-18-23-19(3)36-26(29-23)20-10-7-6-8-11-20/h6-13,16H,4-5,14-15,17-18H2,1-3H3. The number of benzene rings is 1. The molecule has 9 nitrogen and oxygen atoms in total. The quantitative estimate of drug-likeness (QED) is 0.262. The fourth-order valence-corrected chi connectivity index (χ4v) is 3.63. The van der Waals surface area contributed by atoms with Crippen molar-refractivity contribution in [3.63, 3.8) is 0 Å². The van der Waals surface area contributed by atoms with Crippen molar-refractivity contribution in [1.29, 1.82) is 0 Å². The first kappa shape index (κ1) is 25.0. The maximum Gasteiger partial charge on any atom is 0.306 e. The zero-order chi connectivity index (χ0) is 25.3. The zero-order valence-corrected chi connectivity index (χ0v) is 20.8. The summed E-state index contributed by atoms with van der Waals surface area (Å²) in [7, 11) is 0. The zero-order valence-electron chi connectivity index (χ0n) is 20.8. The van der Waals surface area contributed by atoms with Crippen LogP contribution in [0.15, 0.2) is 59.1 Å². The Bertz CT molecular complexity index is 1280. The molecule has 0 radical (unpaired) electrons. The average Bonchev–Trinajstić information content (AvgIpc) is 3.45. The number of rotatable bonds is 12. The Morgan fingerprint density at radius 3 is 2.61 bits per heavy atom. The molecule has 3 heterocycles. The summed E-state index contributed by atoms with van der Waals surface area (Å²) >= 11 is 0. The molecule has 0 saturated heterocycles. The van der Waals surface area contributed by atoms with Crippen LogP contribution in [0.25, 0.3) is 11.5 Å². The van der Waals surface area contributed by atoms with Gasteiger partial charge in [0.05, 0.1) is 25.5 Å². The molecule has 0 bridgehead atoms. The normalized spacial score (nSPS) is 10.9. The lowest BCUT2D eigenvalue weighted by atomic mass is 10.2. The van der Waals surface area contributed by atoms with E-state index in [0.717, 1.165) is 22.5 Å². The van der Waals surface area contributed by atoms with E-state index in [1.807, 2.05) is 62.5 Å². The Morgan fingerprint density at radius 1 is 1.00 bits per heavy atom. The fourth-order valence-electron chi connectivity index (χ4n) is 3.63. The minimum Gasteiger partial charge on any atom is -0.477 e. The van der Waals surface area contributed by atoms with Crippen LogP contribution in [-0.2, 0) is 29.1 Å². The Labute approximate surface area is 210 Å². The molecule has 0 aliphatic heterocycles. The third kappa shape index (κ3) is 6.50. The van der Waals surface area contributed by atoms with Crippen LogP contribution in [0.1, 0.15) is 43.0 Å². The van der Waals surface area contributed by atoms with E-state index in [1.165, 1.54) is 0 Å². The molecule has 4 aromatic rings. The number of carbonyl (C=O) groups is 1. The van der Waals surface area contributed by atoms with Crippen LogP contribution in [0.3, 0.4) is 0 Å². The smallest absolute Gasteiger partial charge is 0.306 e. The van der Waals surface area contributed by atoms with Gasteiger partial charge in [-0.1, -0.05) is 24.3 Å². The maximum absolute atomic E-state index is 11.8. The molecule has 4 rings (SSSR count). The van der Waals surface area contributed by atoms with Crippen LogP contribution in [0.5, 0.6) is 11.8 Å². The van der Waals surface area contributed by atoms with Crippen molar-refractivity contribution in [2.45, 2.75) is 46.8 Å². The molecule has 0 atom stereocenters. The van der Waals surface area contributed by atoms with E-state index in [4.69, 9.17) is 18.6 Å². The van der Waals surface area contributed by atoms with Gasteiger partial charge < -0.3 is 18.6 Å². The van der Waals surface area contributed by atoms with Crippen LogP contribution in [0.2, 0.25) is 0 Å². The number of aryl methyl sites for hydroxylation is 2. The monoisotopic (exact) mass is 490 g/mol. The van der Waals surface area contributed by atoms with Gasteiger partial charge in [-0.05, 0) is 45.4 Å². The maximum atomic E-state index is 11.8. The number of hydrogen-bond donors (Lipinski definition) is 0. The van der Waals surface area contributed by atoms with Crippen molar-refractivity contribution < 1.29 is 23.4 Å². The van der Waals surface area contributed by atoms with Gasteiger partial charge >= 0.3 is 5.97 Å². The lowest BCUT2D eigenvalue weighted by Gasteiger charge is -2.06. The summed E-state index contributed by atoms with van der Waals surface area (Å²) in [6, 6.07) is 15.3. The molecule has 188 valence electrons. The largest absolute Gasteiger partial charge is 0.477 e. The van der Waals surface area contributed by atoms with Gasteiger partial charge in [0.15, 0.2) is 0 Å². The van der Waals surface area contributed by atoms with E-state index in [-0.39, 0.29) is 19.0 Å². The number of carbonyl (C=O) groups excluding carboxylic acids is 1. The highest BCUT2D eigenvalue weighted by Gasteiger charge is 2.15. The Hall–Kier alpha value is -4.14. The van der Waals surface area contributed by atoms with Crippen molar-refractivity contribution >= 4 is 5.97 Å². The predicted molar refractivity (Wildman–Crippen MR) is 133 cm³/mol. The summed E-state index contributed by atoms with van der Waals surface area (Å²) in [5.74, 6) is 2.04. The van der Waals surface area contributed by atoms with Gasteiger partial charge in [-0.3, -0.25) is 9.48 Å². The second-order valence-corrected chi connectivity index (χ2v) is 8.04. The molecule has 36 heavy (non-hydrogen) atoms. The summed E-state index contributed by atoms with van der Waals surface area (Å²) in [4.78, 5) is 20.9. The third-order valence-electron chi connectivity index (χ3n) is 5.36. The minimum absolute atomic E-state index is 0.238. The van der Waals surface area contributed by atoms with Gasteiger partial charge in [0.2, 0.25) is 17.7 Å². The predicted octanol–water partition coefficient (Wildman–Crippen LogP) is 4.76. The Kier molecular flexibility index (Phi) is 8.33. The van der Waals surface area contributed by atoms with Crippen LogP contribution in [0.4, 0.5) is 0 Å². The van der Waals surface area contributed by atoms with Crippen molar-refractivity contribution in [3.05, 3.63) is 77.4 Å². The third-order valence-corrected chi connectivity index (χ3v) is 5.36. The number of nitrogens with zero attached hydrogens (tertiary/aromatic N) is 4. The summed E-state index contributed by atoms with van der Waals surface area (Å²) in [6.45, 7) is 7.08. The summed E-state index contributed by atoms with van der Waals surface area (Å²) < 4.78 is 24.2. The van der Waals surface area contributed by atoms with Gasteiger partial charge in [-0.2, -0.15) is 0 Å². The number of esters is 1. The number of oxazole rings is 1. The molecule has 0 spiro atoms. The highest BCUT2D eigenvalue weighted by atomic mass is 16.5. The Morgan fingerprint density at radius 2 is 1.83 bits per heavy atom. The van der Waals surface area contributed by atoms with Gasteiger partial charge in [0, 0.05) is 29.8 Å². The summed E-state index contributed by atoms with van der Waals surface area (Å²) in [5.41, 5.74) is 3.27. The molecule has 9 heteroatoms. The van der Waals surface area contributed by atoms with Crippen molar-refractivity contribution in [2.75, 3.05) is 13.2 Å². The lowest BCUT2D eigenvalue weighted by molar-refractivity contribution is -0.143. The van der Waals surface area contributed by atoms with Crippen molar-refractivity contribution in [2.24, 2.45) is 0 Å². The molecule has 0 amide bonds. The van der Waals surface area contributed by atoms with Crippen LogP contribution in [0, 0.1) is 6.92 Å². The summed E-state index contributed by atoms with van der Waals surface area (Å²) in [6.07, 6.45) is 2.64. The van der Waals surface area contributed by atoms with Crippen molar-refractivity contribution in [3.8, 4) is 23.2 Å². The average molecular weight is 491 g/mol. The highest BCUT2D eigenvalue weighted by molar-refractivity contribution is 5.69. The first-order valence-electron chi connectivity index (χ1n) is 12.0. The molecule has 0 N–H and O–H groups in total. The molecular weight excluding hydrogens is 460 g/mol. The SMILES string of the molecule is CCOC(=O)CCc1cn(Cc2cccc(OCc3nc(-c4ccccc4)oc3C)n2)nc1OCC. The van der Waals surface area contributed by atoms with E-state index >= 15 is 0 Å². The molecule has 0 aliphatic carbocycles. The number of hydrogen-bond acceptors (Lipinski definition) is 8. The van der Waals surface area contributed by atoms with Crippen LogP contribution < -0.4 is 9.47 Å².